The van der Waals surface area contributed by atoms with Crippen molar-refractivity contribution in [3.05, 3.63) is 33.8 Å². The summed E-state index contributed by atoms with van der Waals surface area (Å²) in [6.45, 7) is 3.17. The van der Waals surface area contributed by atoms with E-state index in [-0.39, 0.29) is 0 Å². The Hall–Kier alpha value is -0.320. The van der Waals surface area contributed by atoms with Crippen LogP contribution in [0.5, 0.6) is 0 Å². The summed E-state index contributed by atoms with van der Waals surface area (Å²) in [5, 5.41) is 11.2. The van der Waals surface area contributed by atoms with Crippen LogP contribution in [0.3, 0.4) is 0 Å². The average molecular weight is 317 g/mol. The molecule has 1 aliphatic rings. The van der Waals surface area contributed by atoms with Crippen LogP contribution in [0.15, 0.2) is 18.2 Å². The third-order valence-corrected chi connectivity index (χ3v) is 4.65. The van der Waals surface area contributed by atoms with E-state index in [4.69, 9.17) is 28.9 Å². The third-order valence-electron chi connectivity index (χ3n) is 3.91. The molecule has 0 radical (unpaired) electrons. The van der Waals surface area contributed by atoms with E-state index < -0.39 is 6.10 Å². The van der Waals surface area contributed by atoms with Gasteiger partial charge in [-0.25, -0.2) is 0 Å². The Kier molecular flexibility index (Phi) is 6.12. The van der Waals surface area contributed by atoms with Crippen molar-refractivity contribution in [2.45, 2.75) is 37.8 Å². The largest absolute Gasteiger partial charge is 0.388 e. The van der Waals surface area contributed by atoms with Crippen molar-refractivity contribution in [3.63, 3.8) is 0 Å². The van der Waals surface area contributed by atoms with Crippen LogP contribution in [-0.4, -0.2) is 35.7 Å². The molecular formula is C15H22Cl2N2O. The fraction of sp³-hybridized carbons (Fsp3) is 0.600. The van der Waals surface area contributed by atoms with E-state index in [0.29, 0.717) is 16.1 Å². The molecule has 1 atom stereocenters. The molecule has 0 aliphatic carbocycles. The summed E-state index contributed by atoms with van der Waals surface area (Å²) in [5.41, 5.74) is 6.72. The van der Waals surface area contributed by atoms with Crippen molar-refractivity contribution in [2.24, 2.45) is 5.73 Å². The van der Waals surface area contributed by atoms with Gasteiger partial charge in [-0.05, 0) is 63.0 Å². The predicted octanol–water partition coefficient (Wildman–Crippen LogP) is 3.23. The van der Waals surface area contributed by atoms with Gasteiger partial charge in [-0.3, -0.25) is 0 Å². The Morgan fingerprint density at radius 3 is 2.60 bits per heavy atom. The second-order valence-corrected chi connectivity index (χ2v) is 6.33. The van der Waals surface area contributed by atoms with Gasteiger partial charge in [0, 0.05) is 6.04 Å². The van der Waals surface area contributed by atoms with Gasteiger partial charge in [0.05, 0.1) is 16.1 Å². The summed E-state index contributed by atoms with van der Waals surface area (Å²) < 4.78 is 0. The number of rotatable bonds is 5. The number of benzene rings is 1. The summed E-state index contributed by atoms with van der Waals surface area (Å²) >= 11 is 11.8. The molecule has 1 fully saturated rings. The van der Waals surface area contributed by atoms with Crippen LogP contribution in [-0.2, 0) is 0 Å². The van der Waals surface area contributed by atoms with E-state index >= 15 is 0 Å². The van der Waals surface area contributed by atoms with Crippen molar-refractivity contribution < 1.29 is 5.11 Å². The minimum Gasteiger partial charge on any atom is -0.388 e. The van der Waals surface area contributed by atoms with Gasteiger partial charge in [0.1, 0.15) is 0 Å². The molecule has 0 bridgehead atoms. The first-order valence-corrected chi connectivity index (χ1v) is 7.93. The number of aliphatic hydroxyl groups excluding tert-OH is 1. The van der Waals surface area contributed by atoms with Crippen LogP contribution in [0.25, 0.3) is 0 Å². The fourth-order valence-electron chi connectivity index (χ4n) is 2.57. The predicted molar refractivity (Wildman–Crippen MR) is 84.3 cm³/mol. The molecule has 1 aliphatic heterocycles. The van der Waals surface area contributed by atoms with Crippen LogP contribution in [0.4, 0.5) is 0 Å². The number of nitrogens with zero attached hydrogens (tertiary/aromatic N) is 1. The molecule has 5 heteroatoms. The highest BCUT2D eigenvalue weighted by atomic mass is 35.5. The van der Waals surface area contributed by atoms with Crippen molar-refractivity contribution in [3.8, 4) is 0 Å². The van der Waals surface area contributed by atoms with E-state index in [1.165, 1.54) is 0 Å². The fourth-order valence-corrected chi connectivity index (χ4v) is 2.88. The summed E-state index contributed by atoms with van der Waals surface area (Å²) in [7, 11) is 0. The lowest BCUT2D eigenvalue weighted by molar-refractivity contribution is 0.148. The lowest BCUT2D eigenvalue weighted by atomic mass is 10.0. The molecule has 0 spiro atoms. The molecule has 0 saturated carbocycles. The van der Waals surface area contributed by atoms with Crippen molar-refractivity contribution in [1.82, 2.24) is 4.90 Å². The van der Waals surface area contributed by atoms with Crippen LogP contribution >= 0.6 is 23.2 Å². The first kappa shape index (κ1) is 16.1. The number of halogens is 2. The van der Waals surface area contributed by atoms with E-state index in [1.54, 1.807) is 12.1 Å². The molecule has 1 heterocycles. The Balaban J connectivity index is 1.74. The van der Waals surface area contributed by atoms with E-state index in [0.717, 1.165) is 50.9 Å². The topological polar surface area (TPSA) is 49.5 Å². The Labute approximate surface area is 130 Å². The van der Waals surface area contributed by atoms with Crippen molar-refractivity contribution >= 4 is 23.2 Å². The molecule has 0 amide bonds. The second-order valence-electron chi connectivity index (χ2n) is 5.51. The number of hydrogen-bond donors (Lipinski definition) is 2. The van der Waals surface area contributed by atoms with Crippen LogP contribution in [0.1, 0.15) is 37.4 Å². The Morgan fingerprint density at radius 1 is 1.25 bits per heavy atom. The van der Waals surface area contributed by atoms with Gasteiger partial charge < -0.3 is 15.7 Å². The van der Waals surface area contributed by atoms with Gasteiger partial charge in [0.25, 0.3) is 0 Å². The van der Waals surface area contributed by atoms with Gasteiger partial charge >= 0.3 is 0 Å². The molecular weight excluding hydrogens is 295 g/mol. The van der Waals surface area contributed by atoms with Gasteiger partial charge in [-0.2, -0.15) is 0 Å². The lowest BCUT2D eigenvalue weighted by Crippen LogP contribution is -2.40. The molecule has 1 aromatic carbocycles. The summed E-state index contributed by atoms with van der Waals surface area (Å²) in [5.74, 6) is 0. The molecule has 0 aromatic heterocycles. The first-order chi connectivity index (χ1) is 9.56. The molecule has 20 heavy (non-hydrogen) atoms. The summed E-state index contributed by atoms with van der Waals surface area (Å²) in [6, 6.07) is 5.68. The van der Waals surface area contributed by atoms with E-state index in [1.807, 2.05) is 6.07 Å². The van der Waals surface area contributed by atoms with Crippen molar-refractivity contribution in [1.29, 1.82) is 0 Å². The molecule has 3 N–H and O–H groups in total. The average Bonchev–Trinajstić information content (AvgIpc) is 2.44. The monoisotopic (exact) mass is 316 g/mol. The maximum atomic E-state index is 10.2. The number of hydrogen-bond acceptors (Lipinski definition) is 3. The molecule has 1 saturated heterocycles. The Bertz CT molecular complexity index is 434. The standard InChI is InChI=1S/C15H22Cl2N2O/c16-13-4-3-11(10-14(13)17)15(20)2-1-7-19-8-5-12(18)6-9-19/h3-4,10,12,15,20H,1-2,5-9,18H2. The number of aliphatic hydroxyl groups is 1. The molecule has 1 unspecified atom stereocenters. The number of nitrogens with two attached hydrogens (primary N) is 1. The van der Waals surface area contributed by atoms with Gasteiger partial charge in [-0.1, -0.05) is 29.3 Å². The quantitative estimate of drug-likeness (QED) is 0.876. The molecule has 1 aromatic rings. The maximum Gasteiger partial charge on any atom is 0.0791 e. The zero-order valence-electron chi connectivity index (χ0n) is 11.6. The zero-order chi connectivity index (χ0) is 14.5. The normalized spacial score (nSPS) is 19.2. The third kappa shape index (κ3) is 4.61. The first-order valence-electron chi connectivity index (χ1n) is 7.17. The van der Waals surface area contributed by atoms with Crippen LogP contribution < -0.4 is 5.73 Å². The van der Waals surface area contributed by atoms with Crippen molar-refractivity contribution in [2.75, 3.05) is 19.6 Å². The SMILES string of the molecule is NC1CCN(CCCC(O)c2ccc(Cl)c(Cl)c2)CC1. The highest BCUT2D eigenvalue weighted by Gasteiger charge is 2.16. The Morgan fingerprint density at radius 2 is 1.95 bits per heavy atom. The number of likely N-dealkylation sites (tertiary alicyclic amines) is 1. The summed E-state index contributed by atoms with van der Waals surface area (Å²) in [6.07, 6.45) is 3.39. The van der Waals surface area contributed by atoms with Gasteiger partial charge in [0.15, 0.2) is 0 Å². The second kappa shape index (κ2) is 7.62. The highest BCUT2D eigenvalue weighted by molar-refractivity contribution is 6.42. The molecule has 3 nitrogen and oxygen atoms in total. The highest BCUT2D eigenvalue weighted by Crippen LogP contribution is 2.27. The van der Waals surface area contributed by atoms with E-state index in [9.17, 15) is 5.11 Å². The molecule has 2 rings (SSSR count). The maximum absolute atomic E-state index is 10.2. The zero-order valence-corrected chi connectivity index (χ0v) is 13.1. The van der Waals surface area contributed by atoms with Crippen LogP contribution in [0, 0.1) is 0 Å². The smallest absolute Gasteiger partial charge is 0.0791 e. The molecule has 112 valence electrons. The van der Waals surface area contributed by atoms with Gasteiger partial charge in [0.2, 0.25) is 0 Å². The summed E-state index contributed by atoms with van der Waals surface area (Å²) in [4.78, 5) is 2.42. The minimum atomic E-state index is -0.475. The van der Waals surface area contributed by atoms with E-state index in [2.05, 4.69) is 4.90 Å². The van der Waals surface area contributed by atoms with Gasteiger partial charge in [-0.15, -0.1) is 0 Å². The number of piperidine rings is 1. The minimum absolute atomic E-state index is 0.369. The van der Waals surface area contributed by atoms with Crippen LogP contribution in [0.2, 0.25) is 10.0 Å². The lowest BCUT2D eigenvalue weighted by Gasteiger charge is -2.30.